The van der Waals surface area contributed by atoms with Gasteiger partial charge in [0.1, 0.15) is 5.82 Å². The van der Waals surface area contributed by atoms with Crippen LogP contribution in [0.25, 0.3) is 0 Å². The number of rotatable bonds is 5. The number of piperazine rings is 1. The van der Waals surface area contributed by atoms with Crippen LogP contribution in [0.1, 0.15) is 5.56 Å². The van der Waals surface area contributed by atoms with E-state index < -0.39 is 0 Å². The van der Waals surface area contributed by atoms with Crippen molar-refractivity contribution in [3.05, 3.63) is 23.9 Å². The van der Waals surface area contributed by atoms with Crippen LogP contribution in [0.2, 0.25) is 0 Å². The number of anilines is 1. The number of likely N-dealkylation sites (N-methyl/N-ethyl adjacent to an activating group) is 1. The second-order valence-corrected chi connectivity index (χ2v) is 5.31. The molecule has 0 saturated carbocycles. The van der Waals surface area contributed by atoms with Gasteiger partial charge in [-0.3, -0.25) is 4.90 Å². The summed E-state index contributed by atoms with van der Waals surface area (Å²) >= 11 is 0. The third-order valence-electron chi connectivity index (χ3n) is 3.55. The van der Waals surface area contributed by atoms with E-state index in [1.807, 2.05) is 12.1 Å². The highest BCUT2D eigenvalue weighted by atomic mass is 16.3. The van der Waals surface area contributed by atoms with Crippen molar-refractivity contribution in [2.75, 3.05) is 58.3 Å². The molecule has 2 rings (SSSR count). The van der Waals surface area contributed by atoms with Crippen molar-refractivity contribution in [1.29, 1.82) is 0 Å². The maximum atomic E-state index is 9.17. The van der Waals surface area contributed by atoms with E-state index in [1.165, 1.54) is 0 Å². The number of aromatic nitrogens is 1. The maximum absolute atomic E-state index is 9.17. The number of pyridine rings is 1. The SMILES string of the molecule is CN(C)CCN1CCN(c2cc(CO)ccn2)CC1. The molecule has 1 aliphatic rings. The van der Waals surface area contributed by atoms with Crippen LogP contribution in [0.4, 0.5) is 5.82 Å². The minimum absolute atomic E-state index is 0.0817. The smallest absolute Gasteiger partial charge is 0.128 e. The lowest BCUT2D eigenvalue weighted by Crippen LogP contribution is -2.48. The van der Waals surface area contributed by atoms with Crippen molar-refractivity contribution in [2.45, 2.75) is 6.61 Å². The first kappa shape index (κ1) is 14.2. The number of aliphatic hydroxyl groups excluding tert-OH is 1. The van der Waals surface area contributed by atoms with E-state index in [2.05, 4.69) is 33.8 Å². The van der Waals surface area contributed by atoms with Gasteiger partial charge in [0.2, 0.25) is 0 Å². The van der Waals surface area contributed by atoms with Crippen LogP contribution in [-0.4, -0.2) is 73.3 Å². The van der Waals surface area contributed by atoms with Crippen LogP contribution in [-0.2, 0) is 6.61 Å². The monoisotopic (exact) mass is 264 g/mol. The molecule has 106 valence electrons. The second kappa shape index (κ2) is 6.84. The summed E-state index contributed by atoms with van der Waals surface area (Å²) in [4.78, 5) is 11.4. The highest BCUT2D eigenvalue weighted by Crippen LogP contribution is 2.15. The highest BCUT2D eigenvalue weighted by Gasteiger charge is 2.17. The van der Waals surface area contributed by atoms with E-state index in [1.54, 1.807) is 6.20 Å². The number of hydrogen-bond acceptors (Lipinski definition) is 5. The molecular formula is C14H24N4O. The Morgan fingerprint density at radius 1 is 1.26 bits per heavy atom. The molecule has 0 atom stereocenters. The molecular weight excluding hydrogens is 240 g/mol. The minimum Gasteiger partial charge on any atom is -0.392 e. The molecule has 0 bridgehead atoms. The van der Waals surface area contributed by atoms with E-state index in [9.17, 15) is 0 Å². The van der Waals surface area contributed by atoms with Gasteiger partial charge in [0.25, 0.3) is 0 Å². The van der Waals surface area contributed by atoms with Gasteiger partial charge in [-0.25, -0.2) is 4.98 Å². The largest absolute Gasteiger partial charge is 0.392 e. The molecule has 5 nitrogen and oxygen atoms in total. The Balaban J connectivity index is 1.85. The van der Waals surface area contributed by atoms with Crippen molar-refractivity contribution in [3.63, 3.8) is 0 Å². The Bertz CT molecular complexity index is 389. The second-order valence-electron chi connectivity index (χ2n) is 5.31. The maximum Gasteiger partial charge on any atom is 0.128 e. The molecule has 1 aromatic rings. The molecule has 1 fully saturated rings. The fourth-order valence-corrected chi connectivity index (χ4v) is 2.27. The summed E-state index contributed by atoms with van der Waals surface area (Å²) in [6.45, 7) is 6.50. The van der Waals surface area contributed by atoms with Gasteiger partial charge in [-0.2, -0.15) is 0 Å². The predicted molar refractivity (Wildman–Crippen MR) is 77.4 cm³/mol. The lowest BCUT2D eigenvalue weighted by atomic mass is 10.2. The third kappa shape index (κ3) is 4.16. The van der Waals surface area contributed by atoms with Crippen LogP contribution in [0, 0.1) is 0 Å². The summed E-state index contributed by atoms with van der Waals surface area (Å²) in [6, 6.07) is 3.84. The lowest BCUT2D eigenvalue weighted by molar-refractivity contribution is 0.229. The summed E-state index contributed by atoms with van der Waals surface area (Å²) in [5, 5.41) is 9.17. The Labute approximate surface area is 115 Å². The van der Waals surface area contributed by atoms with Crippen molar-refractivity contribution in [2.24, 2.45) is 0 Å². The Kier molecular flexibility index (Phi) is 5.13. The fraction of sp³-hybridized carbons (Fsp3) is 0.643. The first-order valence-corrected chi connectivity index (χ1v) is 6.87. The van der Waals surface area contributed by atoms with E-state index in [0.29, 0.717) is 0 Å². The first-order valence-electron chi connectivity index (χ1n) is 6.87. The van der Waals surface area contributed by atoms with Crippen LogP contribution in [0.5, 0.6) is 0 Å². The summed E-state index contributed by atoms with van der Waals surface area (Å²) in [7, 11) is 4.22. The molecule has 0 radical (unpaired) electrons. The average molecular weight is 264 g/mol. The van der Waals surface area contributed by atoms with Crippen LogP contribution in [0.15, 0.2) is 18.3 Å². The van der Waals surface area contributed by atoms with Crippen molar-refractivity contribution in [3.8, 4) is 0 Å². The van der Waals surface area contributed by atoms with Gasteiger partial charge >= 0.3 is 0 Å². The Hall–Kier alpha value is -1.17. The average Bonchev–Trinajstić information content (AvgIpc) is 2.45. The molecule has 1 aliphatic heterocycles. The zero-order valence-corrected chi connectivity index (χ0v) is 11.9. The lowest BCUT2D eigenvalue weighted by Gasteiger charge is -2.35. The van der Waals surface area contributed by atoms with Crippen LogP contribution in [0.3, 0.4) is 0 Å². The Morgan fingerprint density at radius 2 is 2.00 bits per heavy atom. The van der Waals surface area contributed by atoms with Crippen molar-refractivity contribution >= 4 is 5.82 Å². The zero-order chi connectivity index (χ0) is 13.7. The first-order chi connectivity index (χ1) is 9.19. The zero-order valence-electron chi connectivity index (χ0n) is 11.9. The van der Waals surface area contributed by atoms with Gasteiger partial charge in [0.15, 0.2) is 0 Å². The topological polar surface area (TPSA) is 42.8 Å². The number of hydrogen-bond donors (Lipinski definition) is 1. The fourth-order valence-electron chi connectivity index (χ4n) is 2.27. The molecule has 0 unspecified atom stereocenters. The quantitative estimate of drug-likeness (QED) is 0.826. The standard InChI is InChI=1S/C14H24N4O/c1-16(2)5-6-17-7-9-18(10-8-17)14-11-13(12-19)3-4-15-14/h3-4,11,19H,5-10,12H2,1-2H3. The van der Waals surface area contributed by atoms with E-state index in [0.717, 1.165) is 50.6 Å². The molecule has 0 aromatic carbocycles. The van der Waals surface area contributed by atoms with Gasteiger partial charge < -0.3 is 14.9 Å². The third-order valence-corrected chi connectivity index (χ3v) is 3.55. The predicted octanol–water partition coefficient (Wildman–Crippen LogP) is 0.257. The van der Waals surface area contributed by atoms with E-state index in [4.69, 9.17) is 5.11 Å². The van der Waals surface area contributed by atoms with E-state index >= 15 is 0 Å². The summed E-state index contributed by atoms with van der Waals surface area (Å²) < 4.78 is 0. The molecule has 1 aromatic heterocycles. The van der Waals surface area contributed by atoms with Gasteiger partial charge in [0.05, 0.1) is 6.61 Å². The molecule has 1 N–H and O–H groups in total. The summed E-state index contributed by atoms with van der Waals surface area (Å²) in [5.41, 5.74) is 0.931. The molecule has 2 heterocycles. The molecule has 5 heteroatoms. The Morgan fingerprint density at radius 3 is 2.63 bits per heavy atom. The molecule has 0 aliphatic carbocycles. The number of aliphatic hydroxyl groups is 1. The van der Waals surface area contributed by atoms with Gasteiger partial charge in [0, 0.05) is 45.5 Å². The normalized spacial score (nSPS) is 17.2. The summed E-state index contributed by atoms with van der Waals surface area (Å²) in [5.74, 6) is 0.985. The highest BCUT2D eigenvalue weighted by molar-refractivity contribution is 5.41. The van der Waals surface area contributed by atoms with Crippen LogP contribution < -0.4 is 4.90 Å². The van der Waals surface area contributed by atoms with Gasteiger partial charge in [-0.1, -0.05) is 0 Å². The molecule has 0 amide bonds. The van der Waals surface area contributed by atoms with Crippen molar-refractivity contribution < 1.29 is 5.11 Å². The van der Waals surface area contributed by atoms with E-state index in [-0.39, 0.29) is 6.61 Å². The molecule has 1 saturated heterocycles. The molecule has 19 heavy (non-hydrogen) atoms. The summed E-state index contributed by atoms with van der Waals surface area (Å²) in [6.07, 6.45) is 1.78. The van der Waals surface area contributed by atoms with Gasteiger partial charge in [-0.15, -0.1) is 0 Å². The van der Waals surface area contributed by atoms with Gasteiger partial charge in [-0.05, 0) is 31.8 Å². The van der Waals surface area contributed by atoms with Crippen molar-refractivity contribution in [1.82, 2.24) is 14.8 Å². The van der Waals surface area contributed by atoms with Crippen LogP contribution >= 0.6 is 0 Å². The minimum atomic E-state index is 0.0817. The molecule has 0 spiro atoms. The number of nitrogens with zero attached hydrogens (tertiary/aromatic N) is 4.